The Hall–Kier alpha value is -2.59. The number of aromatic amines is 1. The highest BCUT2D eigenvalue weighted by Crippen LogP contribution is 2.37. The average Bonchev–Trinajstić information content (AvgIpc) is 3.06. The lowest BCUT2D eigenvalue weighted by Crippen LogP contribution is -2.24. The zero-order valence-electron chi connectivity index (χ0n) is 15.1. The van der Waals surface area contributed by atoms with Crippen LogP contribution in [0.2, 0.25) is 0 Å². The maximum Gasteiger partial charge on any atom is 0.199 e. The highest BCUT2D eigenvalue weighted by atomic mass is 16.7. The average molecular weight is 346 g/mol. The van der Waals surface area contributed by atoms with Crippen molar-refractivity contribution in [1.29, 1.82) is 0 Å². The van der Waals surface area contributed by atoms with Crippen molar-refractivity contribution in [3.63, 3.8) is 0 Å². The number of hydrogen-bond donors (Lipinski definition) is 1. The predicted molar refractivity (Wildman–Crippen MR) is 105 cm³/mol. The largest absolute Gasteiger partial charge is 0.465 e. The summed E-state index contributed by atoms with van der Waals surface area (Å²) in [7, 11) is 0. The lowest BCUT2D eigenvalue weighted by atomic mass is 9.97. The molecule has 2 aromatic heterocycles. The molecular weight excluding hydrogens is 324 g/mol. The van der Waals surface area contributed by atoms with Crippen LogP contribution in [0.15, 0.2) is 36.7 Å². The maximum atomic E-state index is 6.09. The first-order chi connectivity index (χ1) is 12.7. The summed E-state index contributed by atoms with van der Waals surface area (Å²) in [6.07, 6.45) is 6.95. The van der Waals surface area contributed by atoms with E-state index >= 15 is 0 Å². The van der Waals surface area contributed by atoms with E-state index in [1.54, 1.807) is 0 Å². The molecule has 4 heteroatoms. The minimum atomic E-state index is -0.126. The van der Waals surface area contributed by atoms with E-state index in [-0.39, 0.29) is 6.29 Å². The van der Waals surface area contributed by atoms with E-state index in [2.05, 4.69) is 42.0 Å². The Kier molecular flexibility index (Phi) is 3.61. The lowest BCUT2D eigenvalue weighted by molar-refractivity contribution is -0.105. The quantitative estimate of drug-likeness (QED) is 0.529. The number of pyridine rings is 1. The fraction of sp³-hybridized carbons (Fsp3) is 0.318. The first-order valence-corrected chi connectivity index (χ1v) is 9.29. The van der Waals surface area contributed by atoms with Crippen LogP contribution in [0.1, 0.15) is 30.4 Å². The normalized spacial score (nSPS) is 18.0. The molecule has 1 aliphatic heterocycles. The van der Waals surface area contributed by atoms with Gasteiger partial charge in [-0.15, -0.1) is 0 Å². The highest BCUT2D eigenvalue weighted by molar-refractivity contribution is 6.16. The molecule has 1 fully saturated rings. The molecule has 0 aliphatic carbocycles. The molecule has 1 N–H and O–H groups in total. The van der Waals surface area contributed by atoms with Crippen molar-refractivity contribution in [2.45, 2.75) is 39.4 Å². The van der Waals surface area contributed by atoms with Crippen LogP contribution in [0.25, 0.3) is 32.6 Å². The minimum Gasteiger partial charge on any atom is -0.465 e. The molecule has 4 nitrogen and oxygen atoms in total. The van der Waals surface area contributed by atoms with Crippen LogP contribution in [0, 0.1) is 13.8 Å². The molecule has 0 radical (unpaired) electrons. The van der Waals surface area contributed by atoms with Gasteiger partial charge < -0.3 is 14.5 Å². The second kappa shape index (κ2) is 5.99. The van der Waals surface area contributed by atoms with Gasteiger partial charge >= 0.3 is 0 Å². The Bertz CT molecular complexity index is 1120. The molecule has 1 unspecified atom stereocenters. The molecule has 1 atom stereocenters. The number of ether oxygens (including phenoxy) is 2. The van der Waals surface area contributed by atoms with Crippen molar-refractivity contribution >= 4 is 32.6 Å². The lowest BCUT2D eigenvalue weighted by Gasteiger charge is -2.23. The second-order valence-corrected chi connectivity index (χ2v) is 7.17. The fourth-order valence-corrected chi connectivity index (χ4v) is 4.16. The Labute approximate surface area is 152 Å². The Balaban J connectivity index is 1.70. The fourth-order valence-electron chi connectivity index (χ4n) is 4.16. The number of benzene rings is 2. The van der Waals surface area contributed by atoms with Crippen LogP contribution in [0.4, 0.5) is 0 Å². The highest BCUT2D eigenvalue weighted by Gasteiger charge is 2.17. The minimum absolute atomic E-state index is 0.126. The number of aromatic nitrogens is 2. The van der Waals surface area contributed by atoms with E-state index in [0.717, 1.165) is 37.1 Å². The van der Waals surface area contributed by atoms with E-state index in [9.17, 15) is 0 Å². The monoisotopic (exact) mass is 346 g/mol. The molecule has 4 aromatic rings. The van der Waals surface area contributed by atoms with E-state index in [1.807, 2.05) is 18.5 Å². The Morgan fingerprint density at radius 1 is 1.08 bits per heavy atom. The van der Waals surface area contributed by atoms with Crippen LogP contribution in [-0.2, 0) is 4.74 Å². The number of nitrogens with zero attached hydrogens (tertiary/aromatic N) is 1. The van der Waals surface area contributed by atoms with Gasteiger partial charge in [0.1, 0.15) is 5.75 Å². The molecule has 3 heterocycles. The molecule has 0 amide bonds. The Morgan fingerprint density at radius 3 is 2.85 bits per heavy atom. The third kappa shape index (κ3) is 2.36. The SMILES string of the molecule is Cc1c2ccncc2c(C)c2c1[nH]c1ccc(OC3CCCCO3)cc12. The zero-order chi connectivity index (χ0) is 17.7. The van der Waals surface area contributed by atoms with Gasteiger partial charge in [-0.25, -0.2) is 0 Å². The molecule has 1 saturated heterocycles. The van der Waals surface area contributed by atoms with Crippen molar-refractivity contribution in [3.05, 3.63) is 47.8 Å². The molecule has 2 aromatic carbocycles. The number of rotatable bonds is 2. The molecule has 5 rings (SSSR count). The zero-order valence-corrected chi connectivity index (χ0v) is 15.1. The van der Waals surface area contributed by atoms with Crippen LogP contribution in [0.3, 0.4) is 0 Å². The topological polar surface area (TPSA) is 47.1 Å². The van der Waals surface area contributed by atoms with Crippen LogP contribution >= 0.6 is 0 Å². The molecule has 0 bridgehead atoms. The van der Waals surface area contributed by atoms with Gasteiger partial charge in [0.25, 0.3) is 0 Å². The first kappa shape index (κ1) is 15.6. The van der Waals surface area contributed by atoms with E-state index in [4.69, 9.17) is 9.47 Å². The number of H-pyrrole nitrogens is 1. The smallest absolute Gasteiger partial charge is 0.199 e. The van der Waals surface area contributed by atoms with Crippen LogP contribution < -0.4 is 4.74 Å². The molecule has 0 spiro atoms. The molecule has 0 saturated carbocycles. The number of fused-ring (bicyclic) bond motifs is 4. The summed E-state index contributed by atoms with van der Waals surface area (Å²) in [6, 6.07) is 8.37. The van der Waals surface area contributed by atoms with Gasteiger partial charge in [-0.05, 0) is 67.5 Å². The van der Waals surface area contributed by atoms with Gasteiger partial charge in [-0.1, -0.05) is 0 Å². The summed E-state index contributed by atoms with van der Waals surface area (Å²) in [6.45, 7) is 5.14. The van der Waals surface area contributed by atoms with E-state index in [0.29, 0.717) is 0 Å². The summed E-state index contributed by atoms with van der Waals surface area (Å²) in [5.74, 6) is 0.869. The number of nitrogens with one attached hydrogen (secondary N) is 1. The van der Waals surface area contributed by atoms with Gasteiger partial charge in [-0.3, -0.25) is 4.98 Å². The summed E-state index contributed by atoms with van der Waals surface area (Å²) in [5, 5.41) is 4.91. The number of aryl methyl sites for hydroxylation is 2. The summed E-state index contributed by atoms with van der Waals surface area (Å²) in [5.41, 5.74) is 4.84. The Morgan fingerprint density at radius 2 is 2.00 bits per heavy atom. The second-order valence-electron chi connectivity index (χ2n) is 7.17. The molecule has 1 aliphatic rings. The van der Waals surface area contributed by atoms with Crippen molar-refractivity contribution in [1.82, 2.24) is 9.97 Å². The summed E-state index contributed by atoms with van der Waals surface area (Å²) < 4.78 is 11.8. The predicted octanol–water partition coefficient (Wildman–Crippen LogP) is 5.39. The van der Waals surface area contributed by atoms with E-state index in [1.165, 1.54) is 38.2 Å². The van der Waals surface area contributed by atoms with Gasteiger partial charge in [0, 0.05) is 40.5 Å². The van der Waals surface area contributed by atoms with Crippen LogP contribution in [-0.4, -0.2) is 22.9 Å². The third-order valence-corrected chi connectivity index (χ3v) is 5.55. The van der Waals surface area contributed by atoms with Crippen molar-refractivity contribution in [2.24, 2.45) is 0 Å². The van der Waals surface area contributed by atoms with Gasteiger partial charge in [0.2, 0.25) is 0 Å². The third-order valence-electron chi connectivity index (χ3n) is 5.55. The molecule has 26 heavy (non-hydrogen) atoms. The first-order valence-electron chi connectivity index (χ1n) is 9.29. The standard InChI is InChI=1S/C22H22N2O2/c1-13-18-12-23-9-8-16(18)14(2)22-21(13)17-11-15(6-7-19(17)24-22)26-20-5-3-4-10-25-20/h6-9,11-12,20,24H,3-5,10H2,1-2H3. The summed E-state index contributed by atoms with van der Waals surface area (Å²) in [4.78, 5) is 7.93. The van der Waals surface area contributed by atoms with E-state index < -0.39 is 0 Å². The van der Waals surface area contributed by atoms with Gasteiger partial charge in [0.15, 0.2) is 6.29 Å². The van der Waals surface area contributed by atoms with Crippen LogP contribution in [0.5, 0.6) is 5.75 Å². The maximum absolute atomic E-state index is 6.09. The summed E-state index contributed by atoms with van der Waals surface area (Å²) >= 11 is 0. The molecular formula is C22H22N2O2. The molecule has 132 valence electrons. The van der Waals surface area contributed by atoms with Gasteiger partial charge in [0.05, 0.1) is 12.1 Å². The number of hydrogen-bond acceptors (Lipinski definition) is 3. The van der Waals surface area contributed by atoms with Gasteiger partial charge in [-0.2, -0.15) is 0 Å². The van der Waals surface area contributed by atoms with Crippen molar-refractivity contribution in [2.75, 3.05) is 6.61 Å². The van der Waals surface area contributed by atoms with Crippen molar-refractivity contribution < 1.29 is 9.47 Å². The van der Waals surface area contributed by atoms with Crippen molar-refractivity contribution in [3.8, 4) is 5.75 Å².